The van der Waals surface area contributed by atoms with Crippen molar-refractivity contribution in [3.63, 3.8) is 0 Å². The second-order valence-electron chi connectivity index (χ2n) is 5.84. The number of imidazole rings is 1. The van der Waals surface area contributed by atoms with Crippen molar-refractivity contribution < 1.29 is 14.3 Å². The number of para-hydroxylation sites is 2. The van der Waals surface area contributed by atoms with Gasteiger partial charge in [0, 0.05) is 24.8 Å². The van der Waals surface area contributed by atoms with Gasteiger partial charge in [-0.05, 0) is 30.3 Å². The number of aromatic amines is 1. The van der Waals surface area contributed by atoms with E-state index in [4.69, 9.17) is 9.47 Å². The number of benzene rings is 2. The Morgan fingerprint density at radius 2 is 2.00 bits per heavy atom. The highest BCUT2D eigenvalue weighted by atomic mass is 16.5. The number of methoxy groups -OCH3 is 2. The summed E-state index contributed by atoms with van der Waals surface area (Å²) < 4.78 is 10.5. The molecule has 1 amide bonds. The second-order valence-corrected chi connectivity index (χ2v) is 5.84. The van der Waals surface area contributed by atoms with Crippen LogP contribution in [0.2, 0.25) is 0 Å². The number of likely N-dealkylation sites (N-methyl/N-ethyl adjacent to an activating group) is 1. The predicted octanol–water partition coefficient (Wildman–Crippen LogP) is 3.25. The number of aromatic nitrogens is 2. The Kier molecular flexibility index (Phi) is 5.22. The lowest BCUT2D eigenvalue weighted by molar-refractivity contribution is -0.125. The van der Waals surface area contributed by atoms with Crippen LogP contribution >= 0.6 is 0 Å². The minimum Gasteiger partial charge on any atom is -0.497 e. The van der Waals surface area contributed by atoms with Crippen LogP contribution in [0.5, 0.6) is 11.5 Å². The van der Waals surface area contributed by atoms with E-state index in [1.54, 1.807) is 38.3 Å². The van der Waals surface area contributed by atoms with Crippen LogP contribution in [0.15, 0.2) is 48.5 Å². The number of H-pyrrole nitrogens is 1. The molecule has 3 rings (SSSR count). The number of nitrogens with zero attached hydrogens (tertiary/aromatic N) is 2. The van der Waals surface area contributed by atoms with E-state index >= 15 is 0 Å². The Balaban J connectivity index is 1.69. The molecule has 0 atom stereocenters. The summed E-state index contributed by atoms with van der Waals surface area (Å²) in [6.45, 7) is 0.400. The van der Waals surface area contributed by atoms with Crippen molar-refractivity contribution >= 4 is 23.0 Å². The van der Waals surface area contributed by atoms with E-state index in [0.29, 0.717) is 18.0 Å². The number of rotatable bonds is 6. The van der Waals surface area contributed by atoms with E-state index < -0.39 is 0 Å². The molecule has 1 aromatic heterocycles. The fourth-order valence-electron chi connectivity index (χ4n) is 2.63. The molecule has 6 nitrogen and oxygen atoms in total. The van der Waals surface area contributed by atoms with Crippen LogP contribution in [0.3, 0.4) is 0 Å². The van der Waals surface area contributed by atoms with E-state index in [0.717, 1.165) is 22.4 Å². The van der Waals surface area contributed by atoms with Gasteiger partial charge in [0.15, 0.2) is 0 Å². The fraction of sp³-hybridized carbons (Fsp3) is 0.200. The maximum absolute atomic E-state index is 12.4. The largest absolute Gasteiger partial charge is 0.497 e. The third kappa shape index (κ3) is 3.85. The van der Waals surface area contributed by atoms with E-state index in [9.17, 15) is 4.79 Å². The Hall–Kier alpha value is -3.28. The summed E-state index contributed by atoms with van der Waals surface area (Å²) in [5.74, 6) is 1.97. The monoisotopic (exact) mass is 351 g/mol. The molecule has 0 fully saturated rings. The number of ether oxygens (including phenoxy) is 2. The molecule has 0 radical (unpaired) electrons. The molecule has 0 aliphatic heterocycles. The zero-order chi connectivity index (χ0) is 18.5. The fourth-order valence-corrected chi connectivity index (χ4v) is 2.63. The van der Waals surface area contributed by atoms with Crippen LogP contribution in [-0.2, 0) is 11.3 Å². The third-order valence-electron chi connectivity index (χ3n) is 4.05. The molecular weight excluding hydrogens is 330 g/mol. The van der Waals surface area contributed by atoms with Gasteiger partial charge in [-0.1, -0.05) is 12.1 Å². The molecule has 0 saturated heterocycles. The zero-order valence-corrected chi connectivity index (χ0v) is 15.0. The van der Waals surface area contributed by atoms with Crippen molar-refractivity contribution in [1.82, 2.24) is 14.9 Å². The maximum atomic E-state index is 12.4. The summed E-state index contributed by atoms with van der Waals surface area (Å²) in [5, 5.41) is 0. The first-order valence-electron chi connectivity index (χ1n) is 8.19. The molecule has 0 aliphatic rings. The molecule has 26 heavy (non-hydrogen) atoms. The molecule has 1 heterocycles. The van der Waals surface area contributed by atoms with Gasteiger partial charge in [-0.3, -0.25) is 4.79 Å². The molecule has 0 spiro atoms. The molecule has 0 saturated carbocycles. The van der Waals surface area contributed by atoms with E-state index in [-0.39, 0.29) is 5.91 Å². The highest BCUT2D eigenvalue weighted by Crippen LogP contribution is 2.25. The zero-order valence-electron chi connectivity index (χ0n) is 15.0. The number of amides is 1. The average molecular weight is 351 g/mol. The number of nitrogens with one attached hydrogen (secondary N) is 1. The molecule has 0 aliphatic carbocycles. The van der Waals surface area contributed by atoms with Gasteiger partial charge >= 0.3 is 0 Å². The summed E-state index contributed by atoms with van der Waals surface area (Å²) in [7, 11) is 4.92. The Bertz CT molecular complexity index is 913. The van der Waals surface area contributed by atoms with E-state index in [1.165, 1.54) is 6.08 Å². The van der Waals surface area contributed by atoms with Crippen LogP contribution in [-0.4, -0.2) is 42.0 Å². The Morgan fingerprint density at radius 3 is 2.73 bits per heavy atom. The Morgan fingerprint density at radius 1 is 1.19 bits per heavy atom. The molecule has 6 heteroatoms. The quantitative estimate of drug-likeness (QED) is 0.692. The van der Waals surface area contributed by atoms with Crippen LogP contribution < -0.4 is 9.47 Å². The van der Waals surface area contributed by atoms with Crippen molar-refractivity contribution in [2.75, 3.05) is 21.3 Å². The average Bonchev–Trinajstić information content (AvgIpc) is 3.08. The van der Waals surface area contributed by atoms with Crippen LogP contribution in [0, 0.1) is 0 Å². The number of hydrogen-bond acceptors (Lipinski definition) is 4. The molecule has 1 N–H and O–H groups in total. The summed E-state index contributed by atoms with van der Waals surface area (Å²) in [5.41, 5.74) is 2.66. The molecule has 2 aromatic carbocycles. The highest BCUT2D eigenvalue weighted by Gasteiger charge is 2.10. The van der Waals surface area contributed by atoms with Crippen molar-refractivity contribution in [2.24, 2.45) is 0 Å². The van der Waals surface area contributed by atoms with Gasteiger partial charge in [-0.2, -0.15) is 0 Å². The lowest BCUT2D eigenvalue weighted by Crippen LogP contribution is -2.24. The van der Waals surface area contributed by atoms with Gasteiger partial charge in [0.1, 0.15) is 17.3 Å². The minimum atomic E-state index is -0.122. The first-order valence-corrected chi connectivity index (χ1v) is 8.19. The molecular formula is C20H21N3O3. The van der Waals surface area contributed by atoms with Crippen molar-refractivity contribution in [3.05, 3.63) is 59.9 Å². The molecule has 0 unspecified atom stereocenters. The topological polar surface area (TPSA) is 67.5 Å². The first kappa shape index (κ1) is 17.5. The Labute approximate surface area is 152 Å². The smallest absolute Gasteiger partial charge is 0.246 e. The summed E-state index contributed by atoms with van der Waals surface area (Å²) in [6.07, 6.45) is 3.25. The lowest BCUT2D eigenvalue weighted by Gasteiger charge is -2.13. The highest BCUT2D eigenvalue weighted by molar-refractivity contribution is 5.92. The van der Waals surface area contributed by atoms with E-state index in [1.807, 2.05) is 36.4 Å². The van der Waals surface area contributed by atoms with Crippen molar-refractivity contribution in [3.8, 4) is 11.5 Å². The van der Waals surface area contributed by atoms with Gasteiger partial charge in [-0.15, -0.1) is 0 Å². The summed E-state index contributed by atoms with van der Waals surface area (Å²) >= 11 is 0. The van der Waals surface area contributed by atoms with E-state index in [2.05, 4.69) is 9.97 Å². The van der Waals surface area contributed by atoms with Crippen molar-refractivity contribution in [1.29, 1.82) is 0 Å². The minimum absolute atomic E-state index is 0.122. The molecule has 134 valence electrons. The third-order valence-corrected chi connectivity index (χ3v) is 4.05. The van der Waals surface area contributed by atoms with Crippen molar-refractivity contribution in [2.45, 2.75) is 6.54 Å². The number of fused-ring (bicyclic) bond motifs is 1. The van der Waals surface area contributed by atoms with Crippen LogP contribution in [0.25, 0.3) is 17.1 Å². The van der Waals surface area contributed by atoms with Gasteiger partial charge in [0.25, 0.3) is 0 Å². The second kappa shape index (κ2) is 7.74. The summed E-state index contributed by atoms with van der Waals surface area (Å²) in [6, 6.07) is 13.2. The normalized spacial score (nSPS) is 11.0. The molecule has 3 aromatic rings. The summed E-state index contributed by atoms with van der Waals surface area (Å²) in [4.78, 5) is 21.7. The number of carbonyl (C=O) groups excluding carboxylic acids is 1. The SMILES string of the molecule is COc1ccc(/C=C\C(=O)N(C)Cc2nc3ccccc3[nH]2)c(OC)c1. The standard InChI is InChI=1S/C20H21N3O3/c1-23(13-19-21-16-6-4-5-7-17(16)22-19)20(24)11-9-14-8-10-15(25-2)12-18(14)26-3/h4-12H,13H2,1-3H3,(H,21,22)/b11-9-. The van der Waals surface area contributed by atoms with Crippen LogP contribution in [0.1, 0.15) is 11.4 Å². The molecule has 0 bridgehead atoms. The van der Waals surface area contributed by atoms with Crippen LogP contribution in [0.4, 0.5) is 0 Å². The predicted molar refractivity (Wildman–Crippen MR) is 101 cm³/mol. The van der Waals surface area contributed by atoms with Gasteiger partial charge in [0.05, 0.1) is 31.8 Å². The lowest BCUT2D eigenvalue weighted by atomic mass is 10.1. The first-order chi connectivity index (χ1) is 12.6. The maximum Gasteiger partial charge on any atom is 0.246 e. The van der Waals surface area contributed by atoms with Gasteiger partial charge < -0.3 is 19.4 Å². The number of hydrogen-bond donors (Lipinski definition) is 1. The number of carbonyl (C=O) groups is 1. The van der Waals surface area contributed by atoms with Gasteiger partial charge in [0.2, 0.25) is 5.91 Å². The van der Waals surface area contributed by atoms with Gasteiger partial charge in [-0.25, -0.2) is 4.98 Å².